The average Bonchev–Trinajstić information content (AvgIpc) is 2.26. The molecule has 3 nitrogen and oxygen atoms in total. The summed E-state index contributed by atoms with van der Waals surface area (Å²) in [6.07, 6.45) is -0.310. The van der Waals surface area contributed by atoms with Gasteiger partial charge in [-0.1, -0.05) is 18.2 Å². The highest BCUT2D eigenvalue weighted by molar-refractivity contribution is 8.00. The van der Waals surface area contributed by atoms with Gasteiger partial charge >= 0.3 is 5.97 Å². The molecule has 0 unspecified atom stereocenters. The van der Waals surface area contributed by atoms with Crippen LogP contribution in [0.1, 0.15) is 20.3 Å². The molecule has 92 valence electrons. The number of hydrogen-bond donors (Lipinski definition) is 0. The van der Waals surface area contributed by atoms with Crippen molar-refractivity contribution in [2.24, 2.45) is 0 Å². The monoisotopic (exact) mass is 252 g/mol. The van der Waals surface area contributed by atoms with Crippen molar-refractivity contribution in [1.29, 1.82) is 0 Å². The van der Waals surface area contributed by atoms with E-state index >= 15 is 0 Å². The van der Waals surface area contributed by atoms with Gasteiger partial charge in [-0.2, -0.15) is 0 Å². The number of ether oxygens (including phenoxy) is 1. The van der Waals surface area contributed by atoms with E-state index in [1.807, 2.05) is 30.3 Å². The number of benzene rings is 1. The first-order chi connectivity index (χ1) is 8.08. The Bertz CT molecular complexity index is 374. The number of esters is 1. The molecule has 0 aliphatic heterocycles. The zero-order valence-electron chi connectivity index (χ0n) is 10.0. The van der Waals surface area contributed by atoms with Crippen LogP contribution in [0.15, 0.2) is 35.2 Å². The summed E-state index contributed by atoms with van der Waals surface area (Å²) in [6, 6.07) is 9.63. The summed E-state index contributed by atoms with van der Waals surface area (Å²) < 4.78 is 4.90. The minimum absolute atomic E-state index is 0.107. The third-order valence-corrected chi connectivity index (χ3v) is 2.92. The van der Waals surface area contributed by atoms with E-state index in [2.05, 4.69) is 0 Å². The van der Waals surface area contributed by atoms with Gasteiger partial charge in [-0.15, -0.1) is 11.8 Å². The Kier molecular flexibility index (Phi) is 5.77. The maximum atomic E-state index is 11.5. The molecule has 0 aromatic heterocycles. The Morgan fingerprint density at radius 1 is 1.24 bits per heavy atom. The molecule has 0 amide bonds. The fourth-order valence-electron chi connectivity index (χ4n) is 1.20. The minimum Gasteiger partial charge on any atom is -0.463 e. The molecule has 0 bridgehead atoms. The largest absolute Gasteiger partial charge is 0.463 e. The predicted molar refractivity (Wildman–Crippen MR) is 68.0 cm³/mol. The molecule has 0 fully saturated rings. The molecule has 0 N–H and O–H groups in total. The number of hydrogen-bond acceptors (Lipinski definition) is 4. The molecule has 1 rings (SSSR count). The van der Waals surface area contributed by atoms with Crippen molar-refractivity contribution in [3.05, 3.63) is 30.3 Å². The molecule has 0 heterocycles. The van der Waals surface area contributed by atoms with Gasteiger partial charge in [0, 0.05) is 4.90 Å². The van der Waals surface area contributed by atoms with Crippen LogP contribution >= 0.6 is 11.8 Å². The van der Waals surface area contributed by atoms with Gasteiger partial charge in [0.25, 0.3) is 0 Å². The summed E-state index contributed by atoms with van der Waals surface area (Å²) in [6.45, 7) is 3.53. The summed E-state index contributed by atoms with van der Waals surface area (Å²) in [5, 5.41) is 0. The smallest absolute Gasteiger partial charge is 0.313 e. The van der Waals surface area contributed by atoms with Crippen molar-refractivity contribution in [3.8, 4) is 0 Å². The zero-order chi connectivity index (χ0) is 12.7. The van der Waals surface area contributed by atoms with Gasteiger partial charge in [0.1, 0.15) is 6.42 Å². The van der Waals surface area contributed by atoms with Crippen LogP contribution in [-0.2, 0) is 14.3 Å². The van der Waals surface area contributed by atoms with E-state index in [0.717, 1.165) is 4.90 Å². The normalized spacial score (nSPS) is 10.3. The highest BCUT2D eigenvalue weighted by Gasteiger charge is 2.12. The molecule has 0 radical (unpaired) electrons. The summed E-state index contributed by atoms with van der Waals surface area (Å²) in [5.74, 6) is -0.250. The second-order valence-electron chi connectivity index (χ2n) is 3.86. The van der Waals surface area contributed by atoms with Crippen molar-refractivity contribution in [1.82, 2.24) is 0 Å². The number of thioether (sulfide) groups is 1. The molecule has 17 heavy (non-hydrogen) atoms. The molecule has 1 aromatic rings. The maximum Gasteiger partial charge on any atom is 0.313 e. The predicted octanol–water partition coefficient (Wildman–Crippen LogP) is 2.69. The number of carbonyl (C=O) groups is 2. The van der Waals surface area contributed by atoms with E-state index in [-0.39, 0.29) is 18.3 Å². The van der Waals surface area contributed by atoms with Crippen LogP contribution in [0.2, 0.25) is 0 Å². The first-order valence-corrected chi connectivity index (χ1v) is 6.45. The summed E-state index contributed by atoms with van der Waals surface area (Å²) >= 11 is 1.43. The quantitative estimate of drug-likeness (QED) is 0.443. The third kappa shape index (κ3) is 6.12. The zero-order valence-corrected chi connectivity index (χ0v) is 10.8. The van der Waals surface area contributed by atoms with Gasteiger partial charge < -0.3 is 4.74 Å². The van der Waals surface area contributed by atoms with Gasteiger partial charge in [-0.25, -0.2) is 0 Å². The van der Waals surface area contributed by atoms with Crippen molar-refractivity contribution < 1.29 is 14.3 Å². The SMILES string of the molecule is CC(C)OC(=O)CC(=O)CSc1ccccc1. The van der Waals surface area contributed by atoms with Crippen LogP contribution in [0.3, 0.4) is 0 Å². The molecule has 0 atom stereocenters. The van der Waals surface area contributed by atoms with Crippen LogP contribution in [-0.4, -0.2) is 23.6 Å². The van der Waals surface area contributed by atoms with Crippen LogP contribution < -0.4 is 0 Å². The van der Waals surface area contributed by atoms with E-state index in [4.69, 9.17) is 4.74 Å². The second kappa shape index (κ2) is 7.12. The second-order valence-corrected chi connectivity index (χ2v) is 4.90. The Morgan fingerprint density at radius 2 is 1.88 bits per heavy atom. The van der Waals surface area contributed by atoms with Crippen molar-refractivity contribution in [2.45, 2.75) is 31.3 Å². The number of rotatable bonds is 6. The minimum atomic E-state index is -0.446. The molecule has 0 aliphatic rings. The van der Waals surface area contributed by atoms with E-state index in [1.54, 1.807) is 13.8 Å². The first kappa shape index (κ1) is 13.8. The Hall–Kier alpha value is -1.29. The van der Waals surface area contributed by atoms with E-state index < -0.39 is 5.97 Å². The molecule has 4 heteroatoms. The van der Waals surface area contributed by atoms with E-state index in [1.165, 1.54) is 11.8 Å². The lowest BCUT2D eigenvalue weighted by Crippen LogP contribution is -2.16. The average molecular weight is 252 g/mol. The molecule has 0 spiro atoms. The number of Topliss-reactive ketones (excluding diaryl/α,β-unsaturated/α-hetero) is 1. The van der Waals surface area contributed by atoms with Crippen LogP contribution in [0, 0.1) is 0 Å². The standard InChI is InChI=1S/C13H16O3S/c1-10(2)16-13(15)8-11(14)9-17-12-6-4-3-5-7-12/h3-7,10H,8-9H2,1-2H3. The Labute approximate surface area is 106 Å². The summed E-state index contributed by atoms with van der Waals surface area (Å²) in [4.78, 5) is 23.7. The van der Waals surface area contributed by atoms with Crippen molar-refractivity contribution in [3.63, 3.8) is 0 Å². The van der Waals surface area contributed by atoms with Crippen LogP contribution in [0.5, 0.6) is 0 Å². The molecule has 0 aliphatic carbocycles. The molecular formula is C13H16O3S. The number of carbonyl (C=O) groups excluding carboxylic acids is 2. The van der Waals surface area contributed by atoms with Gasteiger partial charge in [0.2, 0.25) is 0 Å². The summed E-state index contributed by atoms with van der Waals surface area (Å²) in [7, 11) is 0. The van der Waals surface area contributed by atoms with Gasteiger partial charge in [-0.3, -0.25) is 9.59 Å². The first-order valence-electron chi connectivity index (χ1n) is 5.47. The molecule has 0 saturated carbocycles. The Morgan fingerprint density at radius 3 is 2.47 bits per heavy atom. The Balaban J connectivity index is 2.28. The number of ketones is 1. The lowest BCUT2D eigenvalue weighted by molar-refractivity contribution is -0.149. The topological polar surface area (TPSA) is 43.4 Å². The van der Waals surface area contributed by atoms with Crippen LogP contribution in [0.4, 0.5) is 0 Å². The lowest BCUT2D eigenvalue weighted by atomic mass is 10.3. The van der Waals surface area contributed by atoms with Gasteiger partial charge in [-0.05, 0) is 26.0 Å². The highest BCUT2D eigenvalue weighted by atomic mass is 32.2. The third-order valence-electron chi connectivity index (χ3n) is 1.85. The highest BCUT2D eigenvalue weighted by Crippen LogP contribution is 2.17. The van der Waals surface area contributed by atoms with E-state index in [0.29, 0.717) is 5.75 Å². The van der Waals surface area contributed by atoms with Gasteiger partial charge in [0.15, 0.2) is 5.78 Å². The summed E-state index contributed by atoms with van der Waals surface area (Å²) in [5.41, 5.74) is 0. The van der Waals surface area contributed by atoms with E-state index in [9.17, 15) is 9.59 Å². The van der Waals surface area contributed by atoms with Crippen molar-refractivity contribution >= 4 is 23.5 Å². The lowest BCUT2D eigenvalue weighted by Gasteiger charge is -2.06. The fourth-order valence-corrected chi connectivity index (χ4v) is 1.98. The van der Waals surface area contributed by atoms with Crippen LogP contribution in [0.25, 0.3) is 0 Å². The van der Waals surface area contributed by atoms with Crippen molar-refractivity contribution in [2.75, 3.05) is 5.75 Å². The molecular weight excluding hydrogens is 236 g/mol. The molecule has 1 aromatic carbocycles. The maximum absolute atomic E-state index is 11.5. The van der Waals surface area contributed by atoms with Gasteiger partial charge in [0.05, 0.1) is 11.9 Å². The molecule has 0 saturated heterocycles. The fraction of sp³-hybridized carbons (Fsp3) is 0.385.